The molecule has 1 aliphatic rings. The van der Waals surface area contributed by atoms with Gasteiger partial charge in [0.1, 0.15) is 0 Å². The van der Waals surface area contributed by atoms with Crippen LogP contribution in [0.5, 0.6) is 0 Å². The molecule has 2 rings (SSSR count). The maximum Gasteiger partial charge on any atom is 0.319 e. The van der Waals surface area contributed by atoms with Gasteiger partial charge in [0, 0.05) is 12.2 Å². The highest BCUT2D eigenvalue weighted by atomic mass is 35.5. The van der Waals surface area contributed by atoms with E-state index in [0.29, 0.717) is 28.2 Å². The second-order valence-electron chi connectivity index (χ2n) is 5.10. The number of nitrogens with one attached hydrogen (secondary N) is 2. The third-order valence-corrected chi connectivity index (χ3v) is 4.22. The second-order valence-corrected chi connectivity index (χ2v) is 5.92. The van der Waals surface area contributed by atoms with Crippen LogP contribution in [-0.2, 0) is 0 Å². The van der Waals surface area contributed by atoms with Crippen LogP contribution in [0.1, 0.15) is 19.8 Å². The number of carbonyl (C=O) groups is 1. The fourth-order valence-corrected chi connectivity index (χ4v) is 2.33. The first-order valence-electron chi connectivity index (χ1n) is 6.19. The monoisotopic (exact) mass is 301 g/mol. The summed E-state index contributed by atoms with van der Waals surface area (Å²) in [5, 5.41) is 6.53. The number of rotatable bonds is 4. The lowest BCUT2D eigenvalue weighted by Gasteiger charge is -2.29. The predicted octanol–water partition coefficient (Wildman–Crippen LogP) is 3.24. The number of urea groups is 1. The lowest BCUT2D eigenvalue weighted by Crippen LogP contribution is -2.54. The molecule has 1 atom stereocenters. The fraction of sp³-hybridized carbons (Fsp3) is 0.462. The van der Waals surface area contributed by atoms with E-state index in [1.165, 1.54) is 0 Å². The molecule has 1 aliphatic carbocycles. The minimum Gasteiger partial charge on any atom is -0.331 e. The van der Waals surface area contributed by atoms with Crippen LogP contribution in [0.25, 0.3) is 0 Å². The zero-order chi connectivity index (χ0) is 14.0. The van der Waals surface area contributed by atoms with Crippen LogP contribution >= 0.6 is 23.2 Å². The summed E-state index contributed by atoms with van der Waals surface area (Å²) in [6.45, 7) is 2.39. The number of anilines is 1. The second kappa shape index (κ2) is 5.57. The maximum atomic E-state index is 12.0. The van der Waals surface area contributed by atoms with E-state index in [0.717, 1.165) is 12.8 Å². The Balaban J connectivity index is 1.98. The van der Waals surface area contributed by atoms with E-state index in [4.69, 9.17) is 28.9 Å². The number of halogens is 2. The van der Waals surface area contributed by atoms with E-state index < -0.39 is 0 Å². The molecule has 0 heterocycles. The number of benzene rings is 1. The molecule has 0 aliphatic heterocycles. The third kappa shape index (κ3) is 3.53. The Morgan fingerprint density at radius 1 is 1.42 bits per heavy atom. The molecule has 1 aromatic carbocycles. The summed E-state index contributed by atoms with van der Waals surface area (Å²) in [7, 11) is 0. The van der Waals surface area contributed by atoms with Crippen molar-refractivity contribution in [1.82, 2.24) is 5.32 Å². The van der Waals surface area contributed by atoms with Crippen LogP contribution in [0.3, 0.4) is 0 Å². The van der Waals surface area contributed by atoms with Gasteiger partial charge in [0.25, 0.3) is 0 Å². The van der Waals surface area contributed by atoms with Crippen molar-refractivity contribution < 1.29 is 4.79 Å². The molecule has 2 amide bonds. The van der Waals surface area contributed by atoms with Crippen LogP contribution in [0.2, 0.25) is 10.0 Å². The molecule has 19 heavy (non-hydrogen) atoms. The van der Waals surface area contributed by atoms with Crippen LogP contribution in [0.4, 0.5) is 10.5 Å². The maximum absolute atomic E-state index is 12.0. The first-order valence-corrected chi connectivity index (χ1v) is 6.94. The quantitative estimate of drug-likeness (QED) is 0.799. The summed E-state index contributed by atoms with van der Waals surface area (Å²) in [4.78, 5) is 12.0. The number of hydrogen-bond acceptors (Lipinski definition) is 2. The lowest BCUT2D eigenvalue weighted by atomic mass is 9.96. The zero-order valence-corrected chi connectivity index (χ0v) is 12.2. The number of hydrogen-bond donors (Lipinski definition) is 3. The van der Waals surface area contributed by atoms with Crippen LogP contribution in [0, 0.1) is 5.92 Å². The Hall–Kier alpha value is -0.970. The van der Waals surface area contributed by atoms with Crippen molar-refractivity contribution in [2.24, 2.45) is 11.7 Å². The molecule has 0 saturated heterocycles. The summed E-state index contributed by atoms with van der Waals surface area (Å²) in [5.74, 6) is 0.469. The normalized spacial score (nSPS) is 17.7. The van der Waals surface area contributed by atoms with Gasteiger partial charge in [-0.15, -0.1) is 0 Å². The average molecular weight is 302 g/mol. The Bertz CT molecular complexity index is 491. The lowest BCUT2D eigenvalue weighted by molar-refractivity contribution is 0.234. The Morgan fingerprint density at radius 2 is 2.11 bits per heavy atom. The molecule has 0 bridgehead atoms. The first kappa shape index (κ1) is 14.4. The van der Waals surface area contributed by atoms with Crippen LogP contribution in [-0.4, -0.2) is 18.1 Å². The number of nitrogens with two attached hydrogens (primary N) is 1. The standard InChI is InChI=1S/C13H17Cl2N3O/c1-13(7-16,8-2-3-8)18-12(19)17-9-4-5-10(14)11(15)6-9/h4-6,8H,2-3,7,16H2,1H3,(H2,17,18,19). The average Bonchev–Trinajstić information content (AvgIpc) is 3.18. The topological polar surface area (TPSA) is 67.1 Å². The third-order valence-electron chi connectivity index (χ3n) is 3.48. The first-order chi connectivity index (χ1) is 8.94. The predicted molar refractivity (Wildman–Crippen MR) is 78.8 cm³/mol. The molecule has 0 aromatic heterocycles. The van der Waals surface area contributed by atoms with Gasteiger partial charge in [-0.05, 0) is 43.9 Å². The zero-order valence-electron chi connectivity index (χ0n) is 10.7. The highest BCUT2D eigenvalue weighted by Crippen LogP contribution is 2.39. The molecule has 1 unspecified atom stereocenters. The number of carbonyl (C=O) groups excluding carboxylic acids is 1. The van der Waals surface area contributed by atoms with Gasteiger partial charge in [-0.3, -0.25) is 0 Å². The molecular formula is C13H17Cl2N3O. The summed E-state index contributed by atoms with van der Waals surface area (Å²) >= 11 is 11.7. The smallest absolute Gasteiger partial charge is 0.319 e. The summed E-state index contributed by atoms with van der Waals surface area (Å²) in [6, 6.07) is 4.67. The Morgan fingerprint density at radius 3 is 2.63 bits per heavy atom. The molecular weight excluding hydrogens is 285 g/mol. The van der Waals surface area contributed by atoms with Crippen molar-refractivity contribution in [3.8, 4) is 0 Å². The molecule has 0 spiro atoms. The summed E-state index contributed by atoms with van der Waals surface area (Å²) in [5.41, 5.74) is 6.00. The molecule has 6 heteroatoms. The van der Waals surface area contributed by atoms with Gasteiger partial charge in [0.2, 0.25) is 0 Å². The van der Waals surface area contributed by atoms with Crippen molar-refractivity contribution >= 4 is 34.9 Å². The highest BCUT2D eigenvalue weighted by Gasteiger charge is 2.41. The van der Waals surface area contributed by atoms with Gasteiger partial charge >= 0.3 is 6.03 Å². The SMILES string of the molecule is CC(CN)(NC(=O)Nc1ccc(Cl)c(Cl)c1)C1CC1. The van der Waals surface area contributed by atoms with E-state index in [-0.39, 0.29) is 11.6 Å². The van der Waals surface area contributed by atoms with Crippen molar-refractivity contribution in [2.45, 2.75) is 25.3 Å². The van der Waals surface area contributed by atoms with Crippen LogP contribution in [0.15, 0.2) is 18.2 Å². The fourth-order valence-electron chi connectivity index (χ4n) is 2.04. The van der Waals surface area contributed by atoms with E-state index in [2.05, 4.69) is 10.6 Å². The molecule has 1 fully saturated rings. The van der Waals surface area contributed by atoms with Crippen molar-refractivity contribution in [2.75, 3.05) is 11.9 Å². The van der Waals surface area contributed by atoms with Gasteiger partial charge in [-0.2, -0.15) is 0 Å². The summed E-state index contributed by atoms with van der Waals surface area (Å²) < 4.78 is 0. The number of amides is 2. The van der Waals surface area contributed by atoms with Gasteiger partial charge < -0.3 is 16.4 Å². The van der Waals surface area contributed by atoms with E-state index in [1.54, 1.807) is 18.2 Å². The van der Waals surface area contributed by atoms with E-state index in [9.17, 15) is 4.79 Å². The largest absolute Gasteiger partial charge is 0.331 e. The minimum atomic E-state index is -0.347. The van der Waals surface area contributed by atoms with Crippen molar-refractivity contribution in [3.05, 3.63) is 28.2 Å². The molecule has 0 radical (unpaired) electrons. The molecule has 1 aromatic rings. The van der Waals surface area contributed by atoms with Gasteiger partial charge in [-0.1, -0.05) is 23.2 Å². The van der Waals surface area contributed by atoms with Crippen molar-refractivity contribution in [3.63, 3.8) is 0 Å². The highest BCUT2D eigenvalue weighted by molar-refractivity contribution is 6.42. The van der Waals surface area contributed by atoms with Gasteiger partial charge in [0.05, 0.1) is 15.6 Å². The Labute approximate surface area is 122 Å². The molecule has 4 N–H and O–H groups in total. The van der Waals surface area contributed by atoms with E-state index >= 15 is 0 Å². The molecule has 104 valence electrons. The van der Waals surface area contributed by atoms with E-state index in [1.807, 2.05) is 6.92 Å². The van der Waals surface area contributed by atoms with Gasteiger partial charge in [-0.25, -0.2) is 4.79 Å². The van der Waals surface area contributed by atoms with Crippen molar-refractivity contribution in [1.29, 1.82) is 0 Å². The summed E-state index contributed by atoms with van der Waals surface area (Å²) in [6.07, 6.45) is 2.22. The molecule has 1 saturated carbocycles. The minimum absolute atomic E-state index is 0.279. The molecule has 4 nitrogen and oxygen atoms in total. The van der Waals surface area contributed by atoms with Crippen LogP contribution < -0.4 is 16.4 Å². The Kier molecular flexibility index (Phi) is 4.23. The van der Waals surface area contributed by atoms with Gasteiger partial charge in [0.15, 0.2) is 0 Å².